The minimum absolute atomic E-state index is 0.167. The molecule has 0 aromatic heterocycles. The first-order valence-electron chi connectivity index (χ1n) is 5.13. The SMILES string of the molecule is CC1CC(NC2(C(N)=O)CC2)C1C. The number of amides is 1. The highest BCUT2D eigenvalue weighted by atomic mass is 16.1. The van der Waals surface area contributed by atoms with Crippen molar-refractivity contribution in [3.63, 3.8) is 0 Å². The maximum absolute atomic E-state index is 11.1. The van der Waals surface area contributed by atoms with Gasteiger partial charge in [0.1, 0.15) is 0 Å². The minimum atomic E-state index is -0.320. The molecule has 3 nitrogen and oxygen atoms in total. The number of nitrogens with two attached hydrogens (primary N) is 1. The zero-order valence-corrected chi connectivity index (χ0v) is 8.34. The second-order valence-corrected chi connectivity index (χ2v) is 4.77. The van der Waals surface area contributed by atoms with Crippen molar-refractivity contribution >= 4 is 5.91 Å². The lowest BCUT2D eigenvalue weighted by atomic mass is 9.71. The molecule has 0 heterocycles. The Hall–Kier alpha value is -0.570. The number of hydrogen-bond acceptors (Lipinski definition) is 2. The molecular formula is C10H18N2O. The summed E-state index contributed by atoms with van der Waals surface area (Å²) in [7, 11) is 0. The predicted molar refractivity (Wildman–Crippen MR) is 51.0 cm³/mol. The maximum Gasteiger partial charge on any atom is 0.237 e. The molecule has 0 spiro atoms. The monoisotopic (exact) mass is 182 g/mol. The van der Waals surface area contributed by atoms with E-state index < -0.39 is 0 Å². The fourth-order valence-electron chi connectivity index (χ4n) is 2.16. The van der Waals surface area contributed by atoms with Gasteiger partial charge in [0.25, 0.3) is 0 Å². The van der Waals surface area contributed by atoms with Gasteiger partial charge in [-0.05, 0) is 31.1 Å². The van der Waals surface area contributed by atoms with Crippen molar-refractivity contribution in [1.82, 2.24) is 5.32 Å². The van der Waals surface area contributed by atoms with E-state index in [-0.39, 0.29) is 11.4 Å². The van der Waals surface area contributed by atoms with Gasteiger partial charge in [0.05, 0.1) is 5.54 Å². The van der Waals surface area contributed by atoms with Crippen LogP contribution < -0.4 is 11.1 Å². The van der Waals surface area contributed by atoms with Gasteiger partial charge in [0.2, 0.25) is 5.91 Å². The summed E-state index contributed by atoms with van der Waals surface area (Å²) in [4.78, 5) is 11.1. The molecule has 1 amide bonds. The van der Waals surface area contributed by atoms with Gasteiger partial charge in [0, 0.05) is 6.04 Å². The first-order valence-corrected chi connectivity index (χ1v) is 5.13. The van der Waals surface area contributed by atoms with E-state index in [9.17, 15) is 4.79 Å². The zero-order valence-electron chi connectivity index (χ0n) is 8.34. The summed E-state index contributed by atoms with van der Waals surface area (Å²) in [5.41, 5.74) is 5.02. The smallest absolute Gasteiger partial charge is 0.237 e. The number of nitrogens with one attached hydrogen (secondary N) is 1. The van der Waals surface area contributed by atoms with E-state index in [1.54, 1.807) is 0 Å². The molecular weight excluding hydrogens is 164 g/mol. The van der Waals surface area contributed by atoms with Gasteiger partial charge in [-0.2, -0.15) is 0 Å². The highest BCUT2D eigenvalue weighted by molar-refractivity contribution is 5.87. The lowest BCUT2D eigenvalue weighted by Crippen LogP contribution is -2.56. The maximum atomic E-state index is 11.1. The molecule has 3 atom stereocenters. The standard InChI is InChI=1S/C10H18N2O/c1-6-5-8(7(6)2)12-10(3-4-10)9(11)13/h6-8,12H,3-5H2,1-2H3,(H2,11,13). The lowest BCUT2D eigenvalue weighted by Gasteiger charge is -2.43. The third-order valence-electron chi connectivity index (χ3n) is 3.84. The molecule has 13 heavy (non-hydrogen) atoms. The quantitative estimate of drug-likeness (QED) is 0.673. The fraction of sp³-hybridized carbons (Fsp3) is 0.900. The number of carbonyl (C=O) groups excluding carboxylic acids is 1. The van der Waals surface area contributed by atoms with Gasteiger partial charge in [0.15, 0.2) is 0 Å². The van der Waals surface area contributed by atoms with E-state index >= 15 is 0 Å². The van der Waals surface area contributed by atoms with E-state index in [1.807, 2.05) is 0 Å². The topological polar surface area (TPSA) is 55.1 Å². The van der Waals surface area contributed by atoms with Crippen LogP contribution >= 0.6 is 0 Å². The second kappa shape index (κ2) is 2.71. The van der Waals surface area contributed by atoms with Gasteiger partial charge in [-0.3, -0.25) is 4.79 Å². The van der Waals surface area contributed by atoms with Crippen molar-refractivity contribution in [2.45, 2.75) is 44.7 Å². The lowest BCUT2D eigenvalue weighted by molar-refractivity contribution is -0.121. The molecule has 3 N–H and O–H groups in total. The van der Waals surface area contributed by atoms with Crippen LogP contribution in [-0.4, -0.2) is 17.5 Å². The first kappa shape index (κ1) is 9.00. The highest BCUT2D eigenvalue weighted by Gasteiger charge is 2.52. The summed E-state index contributed by atoms with van der Waals surface area (Å²) in [5.74, 6) is 1.32. The van der Waals surface area contributed by atoms with Gasteiger partial charge >= 0.3 is 0 Å². The van der Waals surface area contributed by atoms with Crippen LogP contribution in [0.4, 0.5) is 0 Å². The largest absolute Gasteiger partial charge is 0.368 e. The Kier molecular flexibility index (Phi) is 1.88. The highest BCUT2D eigenvalue weighted by Crippen LogP contribution is 2.41. The van der Waals surface area contributed by atoms with E-state index in [0.29, 0.717) is 12.0 Å². The Morgan fingerprint density at radius 2 is 2.08 bits per heavy atom. The molecule has 3 unspecified atom stereocenters. The Balaban J connectivity index is 1.89. The first-order chi connectivity index (χ1) is 6.05. The molecule has 2 fully saturated rings. The van der Waals surface area contributed by atoms with Crippen LogP contribution in [-0.2, 0) is 4.79 Å². The van der Waals surface area contributed by atoms with Crippen LogP contribution in [0.2, 0.25) is 0 Å². The predicted octanol–water partition coefficient (Wildman–Crippen LogP) is 0.638. The Labute approximate surface area is 79.1 Å². The molecule has 0 aromatic rings. The van der Waals surface area contributed by atoms with Crippen molar-refractivity contribution in [2.75, 3.05) is 0 Å². The second-order valence-electron chi connectivity index (χ2n) is 4.77. The molecule has 2 aliphatic carbocycles. The fourth-order valence-corrected chi connectivity index (χ4v) is 2.16. The van der Waals surface area contributed by atoms with E-state index in [2.05, 4.69) is 19.2 Å². The van der Waals surface area contributed by atoms with Crippen LogP contribution in [0, 0.1) is 11.8 Å². The van der Waals surface area contributed by atoms with E-state index in [4.69, 9.17) is 5.73 Å². The summed E-state index contributed by atoms with van der Waals surface area (Å²) in [5, 5.41) is 3.41. The van der Waals surface area contributed by atoms with Gasteiger partial charge < -0.3 is 11.1 Å². The molecule has 0 aliphatic heterocycles. The molecule has 2 aliphatic rings. The molecule has 0 aromatic carbocycles. The van der Waals surface area contributed by atoms with Crippen molar-refractivity contribution in [2.24, 2.45) is 17.6 Å². The number of carbonyl (C=O) groups is 1. The van der Waals surface area contributed by atoms with Crippen molar-refractivity contribution in [3.8, 4) is 0 Å². The van der Waals surface area contributed by atoms with E-state index in [1.165, 1.54) is 6.42 Å². The number of rotatable bonds is 3. The third kappa shape index (κ3) is 1.35. The molecule has 74 valence electrons. The minimum Gasteiger partial charge on any atom is -0.368 e. The van der Waals surface area contributed by atoms with Crippen LogP contribution in [0.3, 0.4) is 0 Å². The van der Waals surface area contributed by atoms with Crippen molar-refractivity contribution in [1.29, 1.82) is 0 Å². The van der Waals surface area contributed by atoms with Crippen LogP contribution in [0.1, 0.15) is 33.1 Å². The zero-order chi connectivity index (χ0) is 9.64. The van der Waals surface area contributed by atoms with Crippen LogP contribution in [0.5, 0.6) is 0 Å². The Morgan fingerprint density at radius 3 is 2.38 bits per heavy atom. The summed E-state index contributed by atoms with van der Waals surface area (Å²) in [6.07, 6.45) is 3.05. The molecule has 0 saturated heterocycles. The normalized spacial score (nSPS) is 40.9. The Morgan fingerprint density at radius 1 is 1.46 bits per heavy atom. The van der Waals surface area contributed by atoms with Crippen LogP contribution in [0.15, 0.2) is 0 Å². The summed E-state index contributed by atoms with van der Waals surface area (Å²) in [6.45, 7) is 4.50. The average Bonchev–Trinajstić information content (AvgIpc) is 2.85. The third-order valence-corrected chi connectivity index (χ3v) is 3.84. The summed E-state index contributed by atoms with van der Waals surface area (Å²) < 4.78 is 0. The van der Waals surface area contributed by atoms with Crippen molar-refractivity contribution in [3.05, 3.63) is 0 Å². The average molecular weight is 182 g/mol. The summed E-state index contributed by atoms with van der Waals surface area (Å²) in [6, 6.07) is 0.519. The number of primary amides is 1. The molecule has 0 radical (unpaired) electrons. The summed E-state index contributed by atoms with van der Waals surface area (Å²) >= 11 is 0. The molecule has 2 saturated carbocycles. The number of hydrogen-bond donors (Lipinski definition) is 2. The molecule has 0 bridgehead atoms. The Bertz CT molecular complexity index is 235. The van der Waals surface area contributed by atoms with Crippen LogP contribution in [0.25, 0.3) is 0 Å². The van der Waals surface area contributed by atoms with E-state index in [0.717, 1.165) is 18.8 Å². The molecule has 2 rings (SSSR count). The van der Waals surface area contributed by atoms with Gasteiger partial charge in [-0.15, -0.1) is 0 Å². The van der Waals surface area contributed by atoms with Crippen molar-refractivity contribution < 1.29 is 4.79 Å². The van der Waals surface area contributed by atoms with Gasteiger partial charge in [-0.25, -0.2) is 0 Å². The molecule has 3 heteroatoms. The van der Waals surface area contributed by atoms with Gasteiger partial charge in [-0.1, -0.05) is 13.8 Å².